The lowest BCUT2D eigenvalue weighted by Crippen LogP contribution is -2.50. The van der Waals surface area contributed by atoms with Crippen molar-refractivity contribution in [2.45, 2.75) is 0 Å². The van der Waals surface area contributed by atoms with E-state index in [0.717, 1.165) is 12.1 Å². The number of anilines is 1. The number of nitrogens with zero attached hydrogens (tertiary/aromatic N) is 5. The predicted octanol–water partition coefficient (Wildman–Crippen LogP) is 1.54. The highest BCUT2D eigenvalue weighted by molar-refractivity contribution is 6.33. The predicted molar refractivity (Wildman–Crippen MR) is 99.2 cm³/mol. The minimum absolute atomic E-state index is 0.0360. The molecule has 0 unspecified atom stereocenters. The van der Waals surface area contributed by atoms with E-state index < -0.39 is 17.5 Å². The van der Waals surface area contributed by atoms with Gasteiger partial charge in [0.25, 0.3) is 11.6 Å². The van der Waals surface area contributed by atoms with Crippen LogP contribution in [0.15, 0.2) is 36.7 Å². The summed E-state index contributed by atoms with van der Waals surface area (Å²) in [4.78, 5) is 46.4. The SMILES string of the molecule is O=C(OCC(=O)N1CCN(c2ncccn2)CC1)c1ccc([N+](=O)[O-])cc1Cl. The molecule has 28 heavy (non-hydrogen) atoms. The molecule has 1 aromatic heterocycles. The van der Waals surface area contributed by atoms with Gasteiger partial charge in [0, 0.05) is 50.7 Å². The van der Waals surface area contributed by atoms with E-state index in [-0.39, 0.29) is 22.2 Å². The van der Waals surface area contributed by atoms with Crippen LogP contribution >= 0.6 is 11.6 Å². The number of carbonyl (C=O) groups is 2. The molecule has 0 aliphatic carbocycles. The molecule has 1 fully saturated rings. The number of benzene rings is 1. The monoisotopic (exact) mass is 405 g/mol. The largest absolute Gasteiger partial charge is 0.452 e. The number of amides is 1. The molecule has 0 bridgehead atoms. The number of esters is 1. The van der Waals surface area contributed by atoms with E-state index in [4.69, 9.17) is 16.3 Å². The average Bonchev–Trinajstić information content (AvgIpc) is 2.72. The molecule has 0 radical (unpaired) electrons. The molecule has 1 aliphatic heterocycles. The van der Waals surface area contributed by atoms with Gasteiger partial charge < -0.3 is 14.5 Å². The Labute approximate surface area is 164 Å². The Kier molecular flexibility index (Phi) is 5.99. The van der Waals surface area contributed by atoms with E-state index in [1.165, 1.54) is 6.07 Å². The number of hydrogen-bond acceptors (Lipinski definition) is 8. The number of carbonyl (C=O) groups excluding carboxylic acids is 2. The van der Waals surface area contributed by atoms with Crippen LogP contribution in [-0.2, 0) is 9.53 Å². The van der Waals surface area contributed by atoms with Crippen molar-refractivity contribution in [1.82, 2.24) is 14.9 Å². The highest BCUT2D eigenvalue weighted by atomic mass is 35.5. The number of nitro groups is 1. The lowest BCUT2D eigenvalue weighted by Gasteiger charge is -2.34. The van der Waals surface area contributed by atoms with Crippen LogP contribution in [0.4, 0.5) is 11.6 Å². The minimum Gasteiger partial charge on any atom is -0.452 e. The van der Waals surface area contributed by atoms with Gasteiger partial charge >= 0.3 is 5.97 Å². The molecule has 1 aromatic carbocycles. The maximum Gasteiger partial charge on any atom is 0.340 e. The smallest absolute Gasteiger partial charge is 0.340 e. The normalized spacial score (nSPS) is 13.9. The van der Waals surface area contributed by atoms with Gasteiger partial charge in [-0.25, -0.2) is 14.8 Å². The third kappa shape index (κ3) is 4.52. The van der Waals surface area contributed by atoms with E-state index in [2.05, 4.69) is 9.97 Å². The quantitative estimate of drug-likeness (QED) is 0.417. The van der Waals surface area contributed by atoms with Crippen LogP contribution in [0.3, 0.4) is 0 Å². The van der Waals surface area contributed by atoms with Gasteiger partial charge in [-0.2, -0.15) is 0 Å². The molecule has 2 aromatic rings. The zero-order valence-electron chi connectivity index (χ0n) is 14.7. The van der Waals surface area contributed by atoms with Crippen molar-refractivity contribution < 1.29 is 19.2 Å². The first-order valence-corrected chi connectivity index (χ1v) is 8.74. The molecular formula is C17H16ClN5O5. The number of piperazine rings is 1. The van der Waals surface area contributed by atoms with E-state index in [1.54, 1.807) is 23.4 Å². The van der Waals surface area contributed by atoms with Crippen molar-refractivity contribution >= 4 is 35.1 Å². The van der Waals surface area contributed by atoms with Gasteiger partial charge in [0.05, 0.1) is 15.5 Å². The molecule has 1 saturated heterocycles. The highest BCUT2D eigenvalue weighted by Gasteiger charge is 2.24. The fraction of sp³-hybridized carbons (Fsp3) is 0.294. The molecule has 3 rings (SSSR count). The van der Waals surface area contributed by atoms with E-state index >= 15 is 0 Å². The molecule has 1 aliphatic rings. The number of rotatable bonds is 5. The van der Waals surface area contributed by atoms with Gasteiger partial charge in [0.15, 0.2) is 6.61 Å². The summed E-state index contributed by atoms with van der Waals surface area (Å²) in [6.07, 6.45) is 3.31. The molecule has 0 atom stereocenters. The highest BCUT2D eigenvalue weighted by Crippen LogP contribution is 2.23. The first-order chi connectivity index (χ1) is 13.5. The lowest BCUT2D eigenvalue weighted by molar-refractivity contribution is -0.384. The molecule has 11 heteroatoms. The number of non-ortho nitro benzene ring substituents is 1. The molecule has 0 N–H and O–H groups in total. The van der Waals surface area contributed by atoms with Crippen LogP contribution in [0.5, 0.6) is 0 Å². The average molecular weight is 406 g/mol. The van der Waals surface area contributed by atoms with Crippen LogP contribution < -0.4 is 4.90 Å². The zero-order chi connectivity index (χ0) is 20.1. The van der Waals surface area contributed by atoms with Crippen LogP contribution in [0.1, 0.15) is 10.4 Å². The van der Waals surface area contributed by atoms with Gasteiger partial charge in [-0.3, -0.25) is 14.9 Å². The summed E-state index contributed by atoms with van der Waals surface area (Å²) in [6.45, 7) is 1.60. The Balaban J connectivity index is 1.51. The van der Waals surface area contributed by atoms with Crippen molar-refractivity contribution in [2.75, 3.05) is 37.7 Å². The Morgan fingerprint density at radius 3 is 2.46 bits per heavy atom. The van der Waals surface area contributed by atoms with Crippen LogP contribution in [0.2, 0.25) is 5.02 Å². The molecule has 146 valence electrons. The van der Waals surface area contributed by atoms with Crippen molar-refractivity contribution in [3.63, 3.8) is 0 Å². The number of aromatic nitrogens is 2. The summed E-state index contributed by atoms with van der Waals surface area (Å²) in [5.74, 6) is -0.543. The maximum atomic E-state index is 12.3. The third-order valence-corrected chi connectivity index (χ3v) is 4.49. The molecule has 1 amide bonds. The zero-order valence-corrected chi connectivity index (χ0v) is 15.4. The Morgan fingerprint density at radius 2 is 1.86 bits per heavy atom. The van der Waals surface area contributed by atoms with Gasteiger partial charge in [0.2, 0.25) is 5.95 Å². The van der Waals surface area contributed by atoms with E-state index in [0.29, 0.717) is 32.1 Å². The second-order valence-corrected chi connectivity index (χ2v) is 6.32. The maximum absolute atomic E-state index is 12.3. The summed E-state index contributed by atoms with van der Waals surface area (Å²) in [5, 5.41) is 10.6. The van der Waals surface area contributed by atoms with Crippen LogP contribution in [0.25, 0.3) is 0 Å². The molecule has 0 saturated carbocycles. The van der Waals surface area contributed by atoms with Crippen LogP contribution in [0, 0.1) is 10.1 Å². The number of ether oxygens (including phenoxy) is 1. The summed E-state index contributed by atoms with van der Waals surface area (Å²) in [6, 6.07) is 5.14. The molecular weight excluding hydrogens is 390 g/mol. The van der Waals surface area contributed by atoms with Gasteiger partial charge in [-0.1, -0.05) is 11.6 Å². The fourth-order valence-electron chi connectivity index (χ4n) is 2.69. The Bertz CT molecular complexity index is 887. The van der Waals surface area contributed by atoms with Crippen molar-refractivity contribution in [3.05, 3.63) is 57.4 Å². The van der Waals surface area contributed by atoms with Gasteiger partial charge in [-0.05, 0) is 12.1 Å². The third-order valence-electron chi connectivity index (χ3n) is 4.18. The van der Waals surface area contributed by atoms with Gasteiger partial charge in [0.1, 0.15) is 0 Å². The second-order valence-electron chi connectivity index (χ2n) is 5.91. The van der Waals surface area contributed by atoms with Crippen molar-refractivity contribution in [3.8, 4) is 0 Å². The van der Waals surface area contributed by atoms with Crippen molar-refractivity contribution in [2.24, 2.45) is 0 Å². The number of nitro benzene ring substituents is 1. The standard InChI is InChI=1S/C17H16ClN5O5/c18-14-10-12(23(26)27)2-3-13(14)16(25)28-11-15(24)21-6-8-22(9-7-21)17-19-4-1-5-20-17/h1-5,10H,6-9,11H2. The van der Waals surface area contributed by atoms with Crippen molar-refractivity contribution in [1.29, 1.82) is 0 Å². The topological polar surface area (TPSA) is 119 Å². The molecule has 0 spiro atoms. The lowest BCUT2D eigenvalue weighted by atomic mass is 10.2. The Hall–Kier alpha value is -3.27. The Morgan fingerprint density at radius 1 is 1.18 bits per heavy atom. The summed E-state index contributed by atoms with van der Waals surface area (Å²) >= 11 is 5.89. The van der Waals surface area contributed by atoms with Gasteiger partial charge in [-0.15, -0.1) is 0 Å². The van der Waals surface area contributed by atoms with E-state index in [1.807, 2.05) is 4.90 Å². The summed E-state index contributed by atoms with van der Waals surface area (Å²) in [7, 11) is 0. The minimum atomic E-state index is -0.815. The molecule has 10 nitrogen and oxygen atoms in total. The van der Waals surface area contributed by atoms with Crippen LogP contribution in [-0.4, -0.2) is 64.5 Å². The number of halogens is 1. The first-order valence-electron chi connectivity index (χ1n) is 8.36. The summed E-state index contributed by atoms with van der Waals surface area (Å²) < 4.78 is 5.01. The number of hydrogen-bond donors (Lipinski definition) is 0. The van der Waals surface area contributed by atoms with E-state index in [9.17, 15) is 19.7 Å². The fourth-order valence-corrected chi connectivity index (χ4v) is 2.94. The second kappa shape index (κ2) is 8.61. The molecule has 2 heterocycles. The first kappa shape index (κ1) is 19.5. The summed E-state index contributed by atoms with van der Waals surface area (Å²) in [5.41, 5.74) is -0.274.